The third-order valence-electron chi connectivity index (χ3n) is 2.83. The van der Waals surface area contributed by atoms with Gasteiger partial charge in [-0.25, -0.2) is 4.98 Å². The molecule has 0 aliphatic heterocycles. The van der Waals surface area contributed by atoms with E-state index in [1.54, 1.807) is 12.1 Å². The van der Waals surface area contributed by atoms with E-state index in [1.165, 1.54) is 25.4 Å². The van der Waals surface area contributed by atoms with Crippen LogP contribution in [0.25, 0.3) is 10.2 Å². The first-order valence-corrected chi connectivity index (χ1v) is 7.02. The van der Waals surface area contributed by atoms with Gasteiger partial charge in [0.1, 0.15) is 0 Å². The third-order valence-corrected chi connectivity index (χ3v) is 4.22. The fourth-order valence-corrected chi connectivity index (χ4v) is 2.87. The van der Waals surface area contributed by atoms with Gasteiger partial charge in [0.2, 0.25) is 0 Å². The number of halogens is 1. The van der Waals surface area contributed by atoms with E-state index in [-0.39, 0.29) is 17.4 Å². The summed E-state index contributed by atoms with van der Waals surface area (Å²) in [5, 5.41) is 9.06. The van der Waals surface area contributed by atoms with Gasteiger partial charge in [-0.3, -0.25) is 9.59 Å². The second kappa shape index (κ2) is 5.76. The van der Waals surface area contributed by atoms with Crippen molar-refractivity contribution in [3.63, 3.8) is 0 Å². The highest BCUT2D eigenvalue weighted by Crippen LogP contribution is 2.32. The van der Waals surface area contributed by atoms with Gasteiger partial charge < -0.3 is 9.84 Å². The number of nitrogens with zero attached hydrogens (tertiary/aromatic N) is 1. The summed E-state index contributed by atoms with van der Waals surface area (Å²) in [4.78, 5) is 27.4. The van der Waals surface area contributed by atoms with Crippen LogP contribution in [0.3, 0.4) is 0 Å². The van der Waals surface area contributed by atoms with E-state index in [9.17, 15) is 9.59 Å². The van der Waals surface area contributed by atoms with Gasteiger partial charge in [0.15, 0.2) is 16.7 Å². The number of aromatic nitrogens is 1. The van der Waals surface area contributed by atoms with Gasteiger partial charge in [-0.1, -0.05) is 18.5 Å². The quantitative estimate of drug-likeness (QED) is 0.677. The maximum Gasteiger partial charge on any atom is 0.306 e. The number of carbonyl (C=O) groups is 2. The van der Waals surface area contributed by atoms with Crippen molar-refractivity contribution in [2.75, 3.05) is 7.11 Å². The van der Waals surface area contributed by atoms with Gasteiger partial charge in [0.25, 0.3) is 0 Å². The molecule has 5 nitrogen and oxygen atoms in total. The van der Waals surface area contributed by atoms with Crippen molar-refractivity contribution in [1.29, 1.82) is 0 Å². The second-order valence-corrected chi connectivity index (χ2v) is 5.78. The van der Waals surface area contributed by atoms with E-state index in [1.807, 2.05) is 0 Å². The van der Waals surface area contributed by atoms with Crippen molar-refractivity contribution in [3.8, 4) is 5.75 Å². The molecular formula is C13H12ClNO4S. The molecule has 7 heteroatoms. The number of hydrogen-bond acceptors (Lipinski definition) is 5. The number of carbonyl (C=O) groups excluding carboxylic acids is 1. The lowest BCUT2D eigenvalue weighted by molar-refractivity contribution is -0.141. The number of ether oxygens (including phenoxy) is 1. The fraction of sp³-hybridized carbons (Fsp3) is 0.308. The number of methoxy groups -OCH3 is 1. The van der Waals surface area contributed by atoms with Crippen LogP contribution in [0.4, 0.5) is 0 Å². The Morgan fingerprint density at radius 1 is 1.50 bits per heavy atom. The van der Waals surface area contributed by atoms with Crippen molar-refractivity contribution >= 4 is 44.9 Å². The molecule has 0 spiro atoms. The molecule has 20 heavy (non-hydrogen) atoms. The topological polar surface area (TPSA) is 76.5 Å². The monoisotopic (exact) mass is 313 g/mol. The van der Waals surface area contributed by atoms with Crippen LogP contribution in [0.5, 0.6) is 5.75 Å². The number of hydrogen-bond donors (Lipinski definition) is 1. The number of carboxylic acids is 1. The predicted molar refractivity (Wildman–Crippen MR) is 76.9 cm³/mol. The highest BCUT2D eigenvalue weighted by molar-refractivity contribution is 7.20. The molecule has 0 radical (unpaired) electrons. The number of Topliss-reactive ketones (excluding diaryl/α,β-unsaturated/α-hetero) is 1. The predicted octanol–water partition coefficient (Wildman–Crippen LogP) is 3.25. The standard InChI is InChI=1S/C13H12ClNO4S/c1-6(13(17)18)3-8(16)11-4-7-10(20-11)5-9(19-2)12(14)15-7/h4-6H,3H2,1-2H3,(H,17,18). The number of thiophene rings is 1. The molecule has 0 aliphatic carbocycles. The van der Waals surface area contributed by atoms with E-state index in [0.29, 0.717) is 16.1 Å². The van der Waals surface area contributed by atoms with Gasteiger partial charge in [-0.15, -0.1) is 11.3 Å². The lowest BCUT2D eigenvalue weighted by atomic mass is 10.0. The first-order chi connectivity index (χ1) is 9.42. The lowest BCUT2D eigenvalue weighted by Crippen LogP contribution is -2.13. The normalized spacial score (nSPS) is 12.3. The van der Waals surface area contributed by atoms with Gasteiger partial charge in [-0.2, -0.15) is 0 Å². The van der Waals surface area contributed by atoms with Gasteiger partial charge in [0.05, 0.1) is 28.1 Å². The number of pyridine rings is 1. The van der Waals surface area contributed by atoms with E-state index >= 15 is 0 Å². The maximum atomic E-state index is 12.0. The molecule has 1 unspecified atom stereocenters. The van der Waals surface area contributed by atoms with Crippen molar-refractivity contribution in [2.24, 2.45) is 5.92 Å². The molecule has 2 aromatic heterocycles. The number of fused-ring (bicyclic) bond motifs is 1. The minimum Gasteiger partial charge on any atom is -0.493 e. The molecule has 0 bridgehead atoms. The summed E-state index contributed by atoms with van der Waals surface area (Å²) in [6.45, 7) is 1.51. The van der Waals surface area contributed by atoms with Crippen molar-refractivity contribution < 1.29 is 19.4 Å². The summed E-state index contributed by atoms with van der Waals surface area (Å²) in [7, 11) is 1.49. The molecule has 2 heterocycles. The van der Waals surface area contributed by atoms with E-state index < -0.39 is 11.9 Å². The highest BCUT2D eigenvalue weighted by atomic mass is 35.5. The fourth-order valence-electron chi connectivity index (χ4n) is 1.67. The highest BCUT2D eigenvalue weighted by Gasteiger charge is 2.19. The molecule has 0 saturated carbocycles. The Bertz CT molecular complexity index is 682. The zero-order valence-corrected chi connectivity index (χ0v) is 12.4. The van der Waals surface area contributed by atoms with Gasteiger partial charge >= 0.3 is 5.97 Å². The molecule has 0 aromatic carbocycles. The van der Waals surface area contributed by atoms with E-state index in [2.05, 4.69) is 4.98 Å². The van der Waals surface area contributed by atoms with Crippen molar-refractivity contribution in [1.82, 2.24) is 4.98 Å². The number of rotatable bonds is 5. The SMILES string of the molecule is COc1cc2sc(C(=O)CC(C)C(=O)O)cc2nc1Cl. The van der Waals surface area contributed by atoms with Crippen LogP contribution < -0.4 is 4.74 Å². The average molecular weight is 314 g/mol. The van der Waals surface area contributed by atoms with E-state index in [4.69, 9.17) is 21.4 Å². The number of aliphatic carboxylic acids is 1. The van der Waals surface area contributed by atoms with Crippen molar-refractivity contribution in [2.45, 2.75) is 13.3 Å². The second-order valence-electron chi connectivity index (χ2n) is 4.34. The van der Waals surface area contributed by atoms with Crippen LogP contribution in [-0.4, -0.2) is 29.0 Å². The van der Waals surface area contributed by atoms with Crippen LogP contribution in [-0.2, 0) is 4.79 Å². The largest absolute Gasteiger partial charge is 0.493 e. The average Bonchev–Trinajstić information content (AvgIpc) is 2.80. The number of ketones is 1. The summed E-state index contributed by atoms with van der Waals surface area (Å²) >= 11 is 7.18. The molecule has 2 rings (SSSR count). The van der Waals surface area contributed by atoms with Crippen LogP contribution >= 0.6 is 22.9 Å². The van der Waals surface area contributed by atoms with Crippen LogP contribution in [0.1, 0.15) is 23.0 Å². The molecular weight excluding hydrogens is 302 g/mol. The Hall–Kier alpha value is -1.66. The minimum atomic E-state index is -0.984. The zero-order valence-electron chi connectivity index (χ0n) is 10.8. The summed E-state index contributed by atoms with van der Waals surface area (Å²) in [5.41, 5.74) is 0.604. The molecule has 106 valence electrons. The van der Waals surface area contributed by atoms with Crippen LogP contribution in [0.15, 0.2) is 12.1 Å². The smallest absolute Gasteiger partial charge is 0.306 e. The lowest BCUT2D eigenvalue weighted by Gasteiger charge is -2.02. The summed E-state index contributed by atoms with van der Waals surface area (Å²) < 4.78 is 5.84. The molecule has 0 amide bonds. The summed E-state index contributed by atoms with van der Waals surface area (Å²) in [6, 6.07) is 3.34. The third kappa shape index (κ3) is 2.91. The molecule has 2 aromatic rings. The molecule has 0 aliphatic rings. The molecule has 1 N–H and O–H groups in total. The molecule has 1 atom stereocenters. The Morgan fingerprint density at radius 2 is 2.20 bits per heavy atom. The molecule has 0 fully saturated rings. The first kappa shape index (κ1) is 14.7. The Kier molecular flexibility index (Phi) is 4.25. The Balaban J connectivity index is 2.32. The Labute approximate surface area is 124 Å². The minimum absolute atomic E-state index is 0.0347. The number of carboxylic acid groups (broad SMARTS) is 1. The maximum absolute atomic E-state index is 12.0. The van der Waals surface area contributed by atoms with Crippen LogP contribution in [0, 0.1) is 5.92 Å². The van der Waals surface area contributed by atoms with E-state index in [0.717, 1.165) is 4.70 Å². The van der Waals surface area contributed by atoms with Crippen LogP contribution in [0.2, 0.25) is 5.15 Å². The summed E-state index contributed by atoms with van der Waals surface area (Å²) in [6.07, 6.45) is -0.0347. The summed E-state index contributed by atoms with van der Waals surface area (Å²) in [5.74, 6) is -1.46. The zero-order chi connectivity index (χ0) is 14.9. The first-order valence-electron chi connectivity index (χ1n) is 5.82. The van der Waals surface area contributed by atoms with Gasteiger partial charge in [0, 0.05) is 12.5 Å². The molecule has 0 saturated heterocycles. The Morgan fingerprint density at radius 3 is 2.80 bits per heavy atom. The van der Waals surface area contributed by atoms with Gasteiger partial charge in [-0.05, 0) is 6.07 Å². The van der Waals surface area contributed by atoms with Crippen molar-refractivity contribution in [3.05, 3.63) is 22.2 Å².